The second kappa shape index (κ2) is 5.72. The Morgan fingerprint density at radius 1 is 1.05 bits per heavy atom. The average Bonchev–Trinajstić information content (AvgIpc) is 2.39. The van der Waals surface area contributed by atoms with E-state index in [0.29, 0.717) is 11.8 Å². The zero-order valence-corrected chi connectivity index (χ0v) is 13.6. The van der Waals surface area contributed by atoms with Gasteiger partial charge in [-0.15, -0.1) is 0 Å². The molecule has 112 valence electrons. The summed E-state index contributed by atoms with van der Waals surface area (Å²) in [4.78, 5) is 8.58. The van der Waals surface area contributed by atoms with Gasteiger partial charge < -0.3 is 10.1 Å². The lowest BCUT2D eigenvalue weighted by Gasteiger charge is -2.20. The highest BCUT2D eigenvalue weighted by molar-refractivity contribution is 5.41. The summed E-state index contributed by atoms with van der Waals surface area (Å²) in [5, 5.41) is 2.94. The molecule has 0 spiro atoms. The van der Waals surface area contributed by atoms with E-state index < -0.39 is 0 Å². The van der Waals surface area contributed by atoms with Crippen LogP contribution in [0.3, 0.4) is 0 Å². The molecule has 0 saturated carbocycles. The lowest BCUT2D eigenvalue weighted by molar-refractivity contribution is 0.457. The first-order valence-electron chi connectivity index (χ1n) is 7.12. The third kappa shape index (κ3) is 3.72. The van der Waals surface area contributed by atoms with E-state index in [1.807, 2.05) is 19.1 Å². The van der Waals surface area contributed by atoms with Gasteiger partial charge in [-0.05, 0) is 36.5 Å². The van der Waals surface area contributed by atoms with Crippen molar-refractivity contribution in [2.45, 2.75) is 40.0 Å². The normalized spacial score (nSPS) is 11.3. The molecule has 0 aliphatic carbocycles. The van der Waals surface area contributed by atoms with Crippen LogP contribution in [0.1, 0.15) is 37.6 Å². The van der Waals surface area contributed by atoms with E-state index in [0.717, 1.165) is 17.0 Å². The van der Waals surface area contributed by atoms with Crippen molar-refractivity contribution in [2.75, 3.05) is 12.4 Å². The minimum Gasteiger partial charge on any atom is -0.439 e. The third-order valence-electron chi connectivity index (χ3n) is 3.31. The summed E-state index contributed by atoms with van der Waals surface area (Å²) < 4.78 is 5.91. The van der Waals surface area contributed by atoms with Crippen molar-refractivity contribution in [3.8, 4) is 11.6 Å². The van der Waals surface area contributed by atoms with Crippen molar-refractivity contribution in [1.82, 2.24) is 9.97 Å². The summed E-state index contributed by atoms with van der Waals surface area (Å²) in [5.41, 5.74) is 3.40. The number of ether oxygens (including phenoxy) is 1. The van der Waals surface area contributed by atoms with Gasteiger partial charge >= 0.3 is 0 Å². The number of rotatable bonds is 3. The number of anilines is 1. The first-order valence-corrected chi connectivity index (χ1v) is 7.12. The molecule has 0 aliphatic rings. The van der Waals surface area contributed by atoms with Crippen molar-refractivity contribution in [2.24, 2.45) is 0 Å². The van der Waals surface area contributed by atoms with E-state index in [1.165, 1.54) is 5.56 Å². The molecule has 0 aliphatic heterocycles. The molecule has 1 heterocycles. The third-order valence-corrected chi connectivity index (χ3v) is 3.31. The van der Waals surface area contributed by atoms with Gasteiger partial charge in [0.15, 0.2) is 0 Å². The van der Waals surface area contributed by atoms with Gasteiger partial charge in [0.1, 0.15) is 5.75 Å². The summed E-state index contributed by atoms with van der Waals surface area (Å²) in [7, 11) is 1.79. The van der Waals surface area contributed by atoms with Crippen LogP contribution in [0, 0.1) is 13.8 Å². The minimum atomic E-state index is 0.133. The molecular formula is C17H23N3O. The Morgan fingerprint density at radius 2 is 1.76 bits per heavy atom. The summed E-state index contributed by atoms with van der Waals surface area (Å²) >= 11 is 0. The molecular weight excluding hydrogens is 262 g/mol. The molecule has 0 saturated heterocycles. The van der Waals surface area contributed by atoms with E-state index in [1.54, 1.807) is 7.05 Å². The van der Waals surface area contributed by atoms with Crippen LogP contribution in [-0.4, -0.2) is 17.0 Å². The van der Waals surface area contributed by atoms with Crippen molar-refractivity contribution >= 4 is 5.95 Å². The Morgan fingerprint density at radius 3 is 2.33 bits per heavy atom. The Kier molecular flexibility index (Phi) is 4.16. The van der Waals surface area contributed by atoms with E-state index in [4.69, 9.17) is 4.74 Å². The van der Waals surface area contributed by atoms with Crippen LogP contribution in [0.2, 0.25) is 0 Å². The molecule has 1 aromatic carbocycles. The maximum absolute atomic E-state index is 5.91. The zero-order valence-electron chi connectivity index (χ0n) is 13.6. The molecule has 0 fully saturated rings. The van der Waals surface area contributed by atoms with Gasteiger partial charge in [0.2, 0.25) is 11.8 Å². The Hall–Kier alpha value is -2.10. The Bertz CT molecular complexity index is 645. The molecule has 4 heteroatoms. The van der Waals surface area contributed by atoms with Crippen LogP contribution >= 0.6 is 0 Å². The summed E-state index contributed by atoms with van der Waals surface area (Å²) in [6.07, 6.45) is 0. The molecule has 21 heavy (non-hydrogen) atoms. The van der Waals surface area contributed by atoms with Gasteiger partial charge in [0.25, 0.3) is 0 Å². The maximum atomic E-state index is 5.91. The fraction of sp³-hybridized carbons (Fsp3) is 0.412. The molecule has 2 aromatic rings. The van der Waals surface area contributed by atoms with Gasteiger partial charge in [-0.1, -0.05) is 32.9 Å². The SMILES string of the molecule is CNc1nc(C)cc(Oc2ccc(C(C)(C)C)cc2C)n1. The molecule has 0 bridgehead atoms. The van der Waals surface area contributed by atoms with E-state index in [2.05, 4.69) is 55.1 Å². The number of hydrogen-bond donors (Lipinski definition) is 1. The smallest absolute Gasteiger partial charge is 0.225 e. The number of aryl methyl sites for hydroxylation is 2. The maximum Gasteiger partial charge on any atom is 0.225 e. The van der Waals surface area contributed by atoms with Crippen LogP contribution in [-0.2, 0) is 5.41 Å². The first kappa shape index (κ1) is 15.3. The molecule has 2 rings (SSSR count). The van der Waals surface area contributed by atoms with Gasteiger partial charge in [0.05, 0.1) is 0 Å². The van der Waals surface area contributed by atoms with E-state index >= 15 is 0 Å². The predicted octanol–water partition coefficient (Wildman–Crippen LogP) is 4.22. The van der Waals surface area contributed by atoms with Gasteiger partial charge in [-0.3, -0.25) is 0 Å². The number of nitrogens with zero attached hydrogens (tertiary/aromatic N) is 2. The highest BCUT2D eigenvalue weighted by atomic mass is 16.5. The second-order valence-corrected chi connectivity index (χ2v) is 6.25. The zero-order chi connectivity index (χ0) is 15.6. The second-order valence-electron chi connectivity index (χ2n) is 6.25. The number of benzene rings is 1. The fourth-order valence-electron chi connectivity index (χ4n) is 2.05. The molecule has 0 atom stereocenters. The standard InChI is InChI=1S/C17H23N3O/c1-11-9-13(17(3,4)5)7-8-14(11)21-15-10-12(2)19-16(18-6)20-15/h7-10H,1-6H3,(H,18,19,20). The summed E-state index contributed by atoms with van der Waals surface area (Å²) in [6.45, 7) is 10.6. The van der Waals surface area contributed by atoms with Crippen LogP contribution in [0.4, 0.5) is 5.95 Å². The van der Waals surface area contributed by atoms with Crippen LogP contribution in [0.5, 0.6) is 11.6 Å². The molecule has 0 amide bonds. The summed E-state index contributed by atoms with van der Waals surface area (Å²) in [6, 6.07) is 8.11. The van der Waals surface area contributed by atoms with Crippen LogP contribution < -0.4 is 10.1 Å². The molecule has 0 radical (unpaired) electrons. The monoisotopic (exact) mass is 285 g/mol. The predicted molar refractivity (Wildman–Crippen MR) is 86.3 cm³/mol. The van der Waals surface area contributed by atoms with Crippen molar-refractivity contribution in [3.05, 3.63) is 41.1 Å². The highest BCUT2D eigenvalue weighted by Gasteiger charge is 2.15. The van der Waals surface area contributed by atoms with E-state index in [9.17, 15) is 0 Å². The lowest BCUT2D eigenvalue weighted by atomic mass is 9.86. The number of nitrogens with one attached hydrogen (secondary N) is 1. The summed E-state index contributed by atoms with van der Waals surface area (Å²) in [5.74, 6) is 1.94. The Balaban J connectivity index is 2.30. The van der Waals surface area contributed by atoms with Gasteiger partial charge in [-0.25, -0.2) is 4.98 Å². The number of aromatic nitrogens is 2. The first-order chi connectivity index (χ1) is 9.79. The Labute approximate surface area is 126 Å². The fourth-order valence-corrected chi connectivity index (χ4v) is 2.05. The van der Waals surface area contributed by atoms with Gasteiger partial charge in [-0.2, -0.15) is 4.98 Å². The van der Waals surface area contributed by atoms with Crippen molar-refractivity contribution in [3.63, 3.8) is 0 Å². The largest absolute Gasteiger partial charge is 0.439 e. The molecule has 1 aromatic heterocycles. The number of hydrogen-bond acceptors (Lipinski definition) is 4. The average molecular weight is 285 g/mol. The highest BCUT2D eigenvalue weighted by Crippen LogP contribution is 2.30. The van der Waals surface area contributed by atoms with Crippen LogP contribution in [0.15, 0.2) is 24.3 Å². The molecule has 0 unspecified atom stereocenters. The van der Waals surface area contributed by atoms with E-state index in [-0.39, 0.29) is 5.41 Å². The topological polar surface area (TPSA) is 47.0 Å². The molecule has 4 nitrogen and oxygen atoms in total. The van der Waals surface area contributed by atoms with Crippen molar-refractivity contribution in [1.29, 1.82) is 0 Å². The van der Waals surface area contributed by atoms with Crippen molar-refractivity contribution < 1.29 is 4.74 Å². The molecule has 1 N–H and O–H groups in total. The minimum absolute atomic E-state index is 0.133. The van der Waals surface area contributed by atoms with Crippen LogP contribution in [0.25, 0.3) is 0 Å². The van der Waals surface area contributed by atoms with Gasteiger partial charge in [0, 0.05) is 18.8 Å². The quantitative estimate of drug-likeness (QED) is 0.917. The lowest BCUT2D eigenvalue weighted by Crippen LogP contribution is -2.11.